The van der Waals surface area contributed by atoms with Crippen LogP contribution in [-0.2, 0) is 25.7 Å². The van der Waals surface area contributed by atoms with Gasteiger partial charge in [-0.15, -0.1) is 0 Å². The van der Waals surface area contributed by atoms with Crippen LogP contribution in [0.2, 0.25) is 0 Å². The molecule has 0 aromatic heterocycles. The Morgan fingerprint density at radius 3 is 2.26 bits per heavy atom. The highest BCUT2D eigenvalue weighted by atomic mass is 16.5. The van der Waals surface area contributed by atoms with Crippen LogP contribution in [-0.4, -0.2) is 29.2 Å². The molecule has 2 atom stereocenters. The van der Waals surface area contributed by atoms with Crippen LogP contribution >= 0.6 is 0 Å². The average Bonchev–Trinajstić information content (AvgIpc) is 2.83. The molecule has 1 aliphatic carbocycles. The summed E-state index contributed by atoms with van der Waals surface area (Å²) >= 11 is 0. The summed E-state index contributed by atoms with van der Waals surface area (Å²) in [6.07, 6.45) is 5.17. The Balaban J connectivity index is 1.49. The number of carbonyl (C=O) groups is 3. The van der Waals surface area contributed by atoms with Crippen molar-refractivity contribution in [2.45, 2.75) is 25.9 Å². The highest BCUT2D eigenvalue weighted by Gasteiger charge is 2.46. The fraction of sp³-hybridized carbons (Fsp3) is 0.389. The molecule has 23 heavy (non-hydrogen) atoms. The minimum Gasteiger partial charge on any atom is -0.461 e. The van der Waals surface area contributed by atoms with E-state index in [1.54, 1.807) is 0 Å². The molecule has 1 heterocycles. The molecule has 1 aromatic rings. The third kappa shape index (κ3) is 3.33. The Hall–Kier alpha value is -2.43. The summed E-state index contributed by atoms with van der Waals surface area (Å²) in [5.74, 6) is -1.19. The van der Waals surface area contributed by atoms with Crippen molar-refractivity contribution in [3.05, 3.63) is 48.0 Å². The maximum Gasteiger partial charge on any atom is 0.307 e. The van der Waals surface area contributed by atoms with E-state index < -0.39 is 5.97 Å². The summed E-state index contributed by atoms with van der Waals surface area (Å²) < 4.78 is 5.18. The van der Waals surface area contributed by atoms with Crippen molar-refractivity contribution < 1.29 is 19.1 Å². The number of carbonyl (C=O) groups excluding carboxylic acids is 3. The molecule has 3 rings (SSSR count). The standard InChI is InChI=1S/C18H19NO4/c20-16(23-12-13-6-2-1-3-7-13)10-11-19-17(21)14-8-4-5-9-15(14)18(19)22/h1-7,14-15H,8-12H2. The number of benzene rings is 1. The van der Waals surface area contributed by atoms with Gasteiger partial charge in [0.05, 0.1) is 18.3 Å². The molecule has 1 aromatic carbocycles. The first-order valence-electron chi connectivity index (χ1n) is 7.86. The van der Waals surface area contributed by atoms with Crippen LogP contribution in [0.1, 0.15) is 24.8 Å². The average molecular weight is 313 g/mol. The quantitative estimate of drug-likeness (QED) is 0.474. The molecular formula is C18H19NO4. The molecule has 1 fully saturated rings. The fourth-order valence-corrected chi connectivity index (χ4v) is 3.10. The lowest BCUT2D eigenvalue weighted by molar-refractivity contribution is -0.146. The van der Waals surface area contributed by atoms with E-state index in [4.69, 9.17) is 4.74 Å². The number of fused-ring (bicyclic) bond motifs is 1. The van der Waals surface area contributed by atoms with Crippen molar-refractivity contribution in [1.29, 1.82) is 0 Å². The van der Waals surface area contributed by atoms with Crippen LogP contribution in [0.5, 0.6) is 0 Å². The van der Waals surface area contributed by atoms with E-state index in [2.05, 4.69) is 0 Å². The van der Waals surface area contributed by atoms with Crippen LogP contribution in [0.3, 0.4) is 0 Å². The molecule has 0 spiro atoms. The van der Waals surface area contributed by atoms with Crippen LogP contribution in [0.15, 0.2) is 42.5 Å². The second-order valence-electron chi connectivity index (χ2n) is 5.88. The van der Waals surface area contributed by atoms with E-state index in [-0.39, 0.29) is 43.2 Å². The van der Waals surface area contributed by atoms with Crippen molar-refractivity contribution in [3.63, 3.8) is 0 Å². The van der Waals surface area contributed by atoms with Gasteiger partial charge in [-0.25, -0.2) is 0 Å². The largest absolute Gasteiger partial charge is 0.461 e. The minimum absolute atomic E-state index is 0.0389. The van der Waals surface area contributed by atoms with Crippen molar-refractivity contribution in [3.8, 4) is 0 Å². The zero-order valence-corrected chi connectivity index (χ0v) is 12.8. The summed E-state index contributed by atoms with van der Waals surface area (Å²) in [6, 6.07) is 9.39. The molecule has 5 nitrogen and oxygen atoms in total. The van der Waals surface area contributed by atoms with Gasteiger partial charge in [-0.3, -0.25) is 19.3 Å². The number of hydrogen-bond donors (Lipinski definition) is 0. The normalized spacial score (nSPS) is 23.0. The number of likely N-dealkylation sites (tertiary alicyclic amines) is 1. The van der Waals surface area contributed by atoms with E-state index in [0.29, 0.717) is 12.8 Å². The number of esters is 1. The molecule has 1 aliphatic heterocycles. The predicted octanol–water partition coefficient (Wildman–Crippen LogP) is 2.07. The highest BCUT2D eigenvalue weighted by Crippen LogP contribution is 2.34. The molecule has 2 aliphatic rings. The minimum atomic E-state index is -0.401. The summed E-state index contributed by atoms with van der Waals surface area (Å²) in [5.41, 5.74) is 0.909. The molecule has 2 amide bonds. The zero-order chi connectivity index (χ0) is 16.2. The van der Waals surface area contributed by atoms with Gasteiger partial charge in [0.25, 0.3) is 0 Å². The maximum absolute atomic E-state index is 12.3. The third-order valence-corrected chi connectivity index (χ3v) is 4.38. The molecule has 0 N–H and O–H groups in total. The lowest BCUT2D eigenvalue weighted by atomic mass is 9.85. The SMILES string of the molecule is O=C(CCN1C(=O)C2CC=CCC2C1=O)OCc1ccccc1. The number of amides is 2. The first kappa shape index (κ1) is 15.5. The second kappa shape index (κ2) is 6.77. The van der Waals surface area contributed by atoms with E-state index in [1.165, 1.54) is 4.90 Å². The van der Waals surface area contributed by atoms with E-state index in [0.717, 1.165) is 5.56 Å². The first-order valence-corrected chi connectivity index (χ1v) is 7.86. The summed E-state index contributed by atoms with van der Waals surface area (Å²) in [6.45, 7) is 0.315. The van der Waals surface area contributed by atoms with Gasteiger partial charge in [0.1, 0.15) is 6.61 Å². The van der Waals surface area contributed by atoms with Crippen LogP contribution in [0, 0.1) is 11.8 Å². The molecular weight excluding hydrogens is 294 g/mol. The lowest BCUT2D eigenvalue weighted by Crippen LogP contribution is -2.33. The lowest BCUT2D eigenvalue weighted by Gasteiger charge is -2.14. The van der Waals surface area contributed by atoms with Crippen molar-refractivity contribution in [2.24, 2.45) is 11.8 Å². The predicted molar refractivity (Wildman–Crippen MR) is 82.9 cm³/mol. The van der Waals surface area contributed by atoms with E-state index in [9.17, 15) is 14.4 Å². The number of hydrogen-bond acceptors (Lipinski definition) is 4. The maximum atomic E-state index is 12.3. The van der Waals surface area contributed by atoms with Crippen molar-refractivity contribution in [1.82, 2.24) is 4.90 Å². The van der Waals surface area contributed by atoms with Gasteiger partial charge in [0.15, 0.2) is 0 Å². The Morgan fingerprint density at radius 1 is 1.04 bits per heavy atom. The number of imide groups is 1. The van der Waals surface area contributed by atoms with E-state index >= 15 is 0 Å². The molecule has 2 unspecified atom stereocenters. The number of rotatable bonds is 5. The molecule has 0 saturated carbocycles. The number of nitrogens with zero attached hydrogens (tertiary/aromatic N) is 1. The molecule has 1 saturated heterocycles. The van der Waals surface area contributed by atoms with Gasteiger partial charge >= 0.3 is 5.97 Å². The van der Waals surface area contributed by atoms with Gasteiger partial charge in [0, 0.05) is 6.54 Å². The molecule has 0 radical (unpaired) electrons. The van der Waals surface area contributed by atoms with Gasteiger partial charge in [-0.05, 0) is 18.4 Å². The number of allylic oxidation sites excluding steroid dienone is 2. The number of ether oxygens (including phenoxy) is 1. The second-order valence-corrected chi connectivity index (χ2v) is 5.88. The monoisotopic (exact) mass is 313 g/mol. The first-order chi connectivity index (χ1) is 11.2. The Kier molecular flexibility index (Phi) is 4.55. The fourth-order valence-electron chi connectivity index (χ4n) is 3.10. The van der Waals surface area contributed by atoms with Crippen LogP contribution in [0.25, 0.3) is 0 Å². The van der Waals surface area contributed by atoms with Crippen molar-refractivity contribution >= 4 is 17.8 Å². The Morgan fingerprint density at radius 2 is 1.65 bits per heavy atom. The molecule has 0 bridgehead atoms. The van der Waals surface area contributed by atoms with Gasteiger partial charge < -0.3 is 4.74 Å². The summed E-state index contributed by atoms with van der Waals surface area (Å²) in [4.78, 5) is 37.6. The van der Waals surface area contributed by atoms with E-state index in [1.807, 2.05) is 42.5 Å². The smallest absolute Gasteiger partial charge is 0.307 e. The topological polar surface area (TPSA) is 63.7 Å². The molecule has 5 heteroatoms. The Bertz CT molecular complexity index is 612. The van der Waals surface area contributed by atoms with Crippen LogP contribution < -0.4 is 0 Å². The van der Waals surface area contributed by atoms with Crippen molar-refractivity contribution in [2.75, 3.05) is 6.54 Å². The highest BCUT2D eigenvalue weighted by molar-refractivity contribution is 6.05. The molecule has 120 valence electrons. The summed E-state index contributed by atoms with van der Waals surface area (Å²) in [5, 5.41) is 0. The van der Waals surface area contributed by atoms with Gasteiger partial charge in [0.2, 0.25) is 11.8 Å². The van der Waals surface area contributed by atoms with Crippen LogP contribution in [0.4, 0.5) is 0 Å². The Labute approximate surface area is 134 Å². The zero-order valence-electron chi connectivity index (χ0n) is 12.8. The van der Waals surface area contributed by atoms with Gasteiger partial charge in [-0.1, -0.05) is 42.5 Å². The summed E-state index contributed by atoms with van der Waals surface area (Å²) in [7, 11) is 0. The van der Waals surface area contributed by atoms with Gasteiger partial charge in [-0.2, -0.15) is 0 Å². The third-order valence-electron chi connectivity index (χ3n) is 4.38.